The van der Waals surface area contributed by atoms with Gasteiger partial charge in [0.1, 0.15) is 6.54 Å². The number of aryl methyl sites for hydroxylation is 4. The first-order valence-corrected chi connectivity index (χ1v) is 12.0. The maximum absolute atomic E-state index is 13.5. The molecule has 0 fully saturated rings. The molecular weight excluding hydrogens is 420 g/mol. The van der Waals surface area contributed by atoms with E-state index in [9.17, 15) is 13.2 Å². The standard InChI is InChI=1S/C26H30N2O3S/c1-18-11-14-25(21(4)15-18)22(5)27-26(29)17-28(23-13-12-19(2)20(3)16-23)32(30,31)24-9-7-6-8-10-24/h6-16,22H,17H2,1-5H3,(H,27,29)/t22-/m1/s1. The van der Waals surface area contributed by atoms with Gasteiger partial charge in [-0.25, -0.2) is 8.42 Å². The first-order chi connectivity index (χ1) is 15.1. The number of amides is 1. The van der Waals surface area contributed by atoms with Crippen LogP contribution < -0.4 is 9.62 Å². The van der Waals surface area contributed by atoms with Gasteiger partial charge in [-0.3, -0.25) is 9.10 Å². The van der Waals surface area contributed by atoms with Crippen molar-refractivity contribution in [3.8, 4) is 0 Å². The van der Waals surface area contributed by atoms with Gasteiger partial charge in [0.05, 0.1) is 16.6 Å². The molecule has 1 atom stereocenters. The van der Waals surface area contributed by atoms with Gasteiger partial charge in [-0.15, -0.1) is 0 Å². The van der Waals surface area contributed by atoms with Gasteiger partial charge in [-0.1, -0.05) is 48.0 Å². The zero-order valence-corrected chi connectivity index (χ0v) is 20.0. The van der Waals surface area contributed by atoms with E-state index in [0.717, 1.165) is 27.8 Å². The molecule has 0 aliphatic carbocycles. The van der Waals surface area contributed by atoms with Crippen LogP contribution in [-0.2, 0) is 14.8 Å². The van der Waals surface area contributed by atoms with Crippen LogP contribution in [0.5, 0.6) is 0 Å². The van der Waals surface area contributed by atoms with Crippen LogP contribution >= 0.6 is 0 Å². The Kier molecular flexibility index (Phi) is 7.04. The molecule has 6 heteroatoms. The summed E-state index contributed by atoms with van der Waals surface area (Å²) in [5.41, 5.74) is 5.72. The van der Waals surface area contributed by atoms with Gasteiger partial charge in [-0.2, -0.15) is 0 Å². The fourth-order valence-corrected chi connectivity index (χ4v) is 5.16. The number of nitrogens with zero attached hydrogens (tertiary/aromatic N) is 1. The SMILES string of the molecule is Cc1ccc([C@@H](C)NC(=O)CN(c2ccc(C)c(C)c2)S(=O)(=O)c2ccccc2)c(C)c1. The Morgan fingerprint density at radius 3 is 2.19 bits per heavy atom. The number of rotatable bonds is 7. The van der Waals surface area contributed by atoms with Crippen LogP contribution in [0.4, 0.5) is 5.69 Å². The van der Waals surface area contributed by atoms with Crippen molar-refractivity contribution in [2.45, 2.75) is 45.6 Å². The van der Waals surface area contributed by atoms with Crippen LogP contribution in [0, 0.1) is 27.7 Å². The topological polar surface area (TPSA) is 66.5 Å². The van der Waals surface area contributed by atoms with Crippen LogP contribution in [0.2, 0.25) is 0 Å². The Morgan fingerprint density at radius 2 is 1.56 bits per heavy atom. The average molecular weight is 451 g/mol. The minimum Gasteiger partial charge on any atom is -0.348 e. The number of sulfonamides is 1. The van der Waals surface area contributed by atoms with E-state index >= 15 is 0 Å². The summed E-state index contributed by atoms with van der Waals surface area (Å²) in [5, 5.41) is 2.96. The molecule has 168 valence electrons. The number of carbonyl (C=O) groups is 1. The summed E-state index contributed by atoms with van der Waals surface area (Å²) in [6, 6.07) is 19.4. The number of hydrogen-bond donors (Lipinski definition) is 1. The predicted octanol–water partition coefficient (Wildman–Crippen LogP) is 4.99. The van der Waals surface area contributed by atoms with Crippen molar-refractivity contribution in [2.24, 2.45) is 0 Å². The summed E-state index contributed by atoms with van der Waals surface area (Å²) in [5.74, 6) is -0.366. The molecule has 0 saturated heterocycles. The van der Waals surface area contributed by atoms with Crippen LogP contribution in [-0.4, -0.2) is 20.9 Å². The third-order valence-corrected chi connectivity index (χ3v) is 7.45. The van der Waals surface area contributed by atoms with Crippen molar-refractivity contribution in [2.75, 3.05) is 10.8 Å². The van der Waals surface area contributed by atoms with Crippen molar-refractivity contribution >= 4 is 21.6 Å². The highest BCUT2D eigenvalue weighted by Crippen LogP contribution is 2.26. The number of carbonyl (C=O) groups excluding carboxylic acids is 1. The molecule has 0 bridgehead atoms. The maximum Gasteiger partial charge on any atom is 0.264 e. The summed E-state index contributed by atoms with van der Waals surface area (Å²) in [7, 11) is -3.92. The van der Waals surface area contributed by atoms with E-state index in [1.165, 1.54) is 4.31 Å². The normalized spacial score (nSPS) is 12.3. The van der Waals surface area contributed by atoms with Crippen molar-refractivity contribution in [1.29, 1.82) is 0 Å². The molecule has 0 saturated carbocycles. The lowest BCUT2D eigenvalue weighted by atomic mass is 10.0. The van der Waals surface area contributed by atoms with Gasteiger partial charge in [-0.05, 0) is 81.1 Å². The van der Waals surface area contributed by atoms with Gasteiger partial charge >= 0.3 is 0 Å². The van der Waals surface area contributed by atoms with E-state index in [0.29, 0.717) is 5.69 Å². The Morgan fingerprint density at radius 1 is 0.875 bits per heavy atom. The maximum atomic E-state index is 13.5. The van der Waals surface area contributed by atoms with Gasteiger partial charge < -0.3 is 5.32 Å². The molecule has 5 nitrogen and oxygen atoms in total. The molecule has 0 spiro atoms. The van der Waals surface area contributed by atoms with Gasteiger partial charge in [0.2, 0.25) is 5.91 Å². The molecule has 1 N–H and O–H groups in total. The third-order valence-electron chi connectivity index (χ3n) is 5.67. The van der Waals surface area contributed by atoms with E-state index in [1.807, 2.05) is 52.8 Å². The summed E-state index contributed by atoms with van der Waals surface area (Å²) in [6.07, 6.45) is 0. The smallest absolute Gasteiger partial charge is 0.264 e. The molecule has 32 heavy (non-hydrogen) atoms. The zero-order valence-electron chi connectivity index (χ0n) is 19.2. The summed E-state index contributed by atoms with van der Waals surface area (Å²) in [4.78, 5) is 13.1. The predicted molar refractivity (Wildman–Crippen MR) is 129 cm³/mol. The van der Waals surface area contributed by atoms with Crippen LogP contribution in [0.1, 0.15) is 40.8 Å². The van der Waals surface area contributed by atoms with Crippen LogP contribution in [0.3, 0.4) is 0 Å². The van der Waals surface area contributed by atoms with Crippen molar-refractivity contribution < 1.29 is 13.2 Å². The quantitative estimate of drug-likeness (QED) is 0.551. The molecular formula is C26H30N2O3S. The zero-order chi connectivity index (χ0) is 23.5. The molecule has 3 aromatic carbocycles. The van der Waals surface area contributed by atoms with Crippen LogP contribution in [0.25, 0.3) is 0 Å². The van der Waals surface area contributed by atoms with Crippen molar-refractivity contribution in [1.82, 2.24) is 5.32 Å². The molecule has 0 aromatic heterocycles. The molecule has 0 unspecified atom stereocenters. The first kappa shape index (κ1) is 23.5. The van der Waals surface area contributed by atoms with Crippen molar-refractivity contribution in [3.63, 3.8) is 0 Å². The van der Waals surface area contributed by atoms with Crippen LogP contribution in [0.15, 0.2) is 71.6 Å². The minimum absolute atomic E-state index is 0.147. The fraction of sp³-hybridized carbons (Fsp3) is 0.269. The average Bonchev–Trinajstić information content (AvgIpc) is 2.74. The molecule has 0 aliphatic rings. The second-order valence-corrected chi connectivity index (χ2v) is 10.1. The Hall–Kier alpha value is -3.12. The third kappa shape index (κ3) is 5.19. The number of hydrogen-bond acceptors (Lipinski definition) is 3. The number of benzene rings is 3. The monoisotopic (exact) mass is 450 g/mol. The molecule has 0 radical (unpaired) electrons. The number of anilines is 1. The lowest BCUT2D eigenvalue weighted by Gasteiger charge is -2.26. The lowest BCUT2D eigenvalue weighted by molar-refractivity contribution is -0.120. The lowest BCUT2D eigenvalue weighted by Crippen LogP contribution is -2.41. The van der Waals surface area contributed by atoms with E-state index in [1.54, 1.807) is 42.5 Å². The summed E-state index contributed by atoms with van der Waals surface area (Å²) >= 11 is 0. The highest BCUT2D eigenvalue weighted by molar-refractivity contribution is 7.92. The molecule has 1 amide bonds. The van der Waals surface area contributed by atoms with Gasteiger partial charge in [0.25, 0.3) is 10.0 Å². The van der Waals surface area contributed by atoms with E-state index in [-0.39, 0.29) is 23.4 Å². The Balaban J connectivity index is 1.91. The summed E-state index contributed by atoms with van der Waals surface area (Å²) in [6.45, 7) is 9.51. The Bertz CT molecular complexity index is 1220. The second-order valence-electron chi connectivity index (χ2n) is 8.24. The largest absolute Gasteiger partial charge is 0.348 e. The van der Waals surface area contributed by atoms with E-state index in [2.05, 4.69) is 11.4 Å². The second kappa shape index (κ2) is 9.57. The minimum atomic E-state index is -3.92. The molecule has 0 aliphatic heterocycles. The van der Waals surface area contributed by atoms with Gasteiger partial charge in [0.15, 0.2) is 0 Å². The Labute approximate surface area is 191 Å². The van der Waals surface area contributed by atoms with Gasteiger partial charge in [0, 0.05) is 0 Å². The highest BCUT2D eigenvalue weighted by Gasteiger charge is 2.28. The first-order valence-electron chi connectivity index (χ1n) is 10.6. The van der Waals surface area contributed by atoms with E-state index in [4.69, 9.17) is 0 Å². The molecule has 3 aromatic rings. The molecule has 0 heterocycles. The van der Waals surface area contributed by atoms with Crippen molar-refractivity contribution in [3.05, 3.63) is 94.5 Å². The summed E-state index contributed by atoms with van der Waals surface area (Å²) < 4.78 is 28.1. The highest BCUT2D eigenvalue weighted by atomic mass is 32.2. The molecule has 3 rings (SSSR count). The van der Waals surface area contributed by atoms with E-state index < -0.39 is 10.0 Å². The fourth-order valence-electron chi connectivity index (χ4n) is 3.72. The number of nitrogens with one attached hydrogen (secondary N) is 1.